The summed E-state index contributed by atoms with van der Waals surface area (Å²) in [5.74, 6) is 0. The highest BCUT2D eigenvalue weighted by molar-refractivity contribution is 7.00. The van der Waals surface area contributed by atoms with Crippen LogP contribution in [0, 0.1) is 0 Å². The summed E-state index contributed by atoms with van der Waals surface area (Å²) in [6.45, 7) is 21.1. The molecule has 16 aromatic carbocycles. The summed E-state index contributed by atoms with van der Waals surface area (Å²) in [5, 5.41) is 7.11. The summed E-state index contributed by atoms with van der Waals surface area (Å²) in [6.07, 6.45) is 0. The van der Waals surface area contributed by atoms with Gasteiger partial charge in [0.25, 0.3) is 6.71 Å². The van der Waals surface area contributed by atoms with Crippen molar-refractivity contribution in [1.82, 2.24) is 0 Å². The van der Waals surface area contributed by atoms with Gasteiger partial charge in [0.15, 0.2) is 0 Å². The lowest BCUT2D eigenvalue weighted by atomic mass is 9.33. The maximum atomic E-state index is 6.54. The van der Waals surface area contributed by atoms with Crippen LogP contribution in [0.4, 0.5) is 34.1 Å². The number of nitrogens with zero attached hydrogens (tertiary/aromatic N) is 2. The van der Waals surface area contributed by atoms with Crippen molar-refractivity contribution in [2.24, 2.45) is 0 Å². The molecule has 2 aliphatic heterocycles. The van der Waals surface area contributed by atoms with Crippen LogP contribution in [0.2, 0.25) is 0 Å². The minimum Gasteiger partial charge on any atom is -0.456 e. The number of furan rings is 1. The molecular weight excluding hydrogens is 1300 g/mol. The summed E-state index contributed by atoms with van der Waals surface area (Å²) in [5.41, 5.74) is 34.0. The van der Waals surface area contributed by atoms with Gasteiger partial charge >= 0.3 is 0 Å². The normalized spacial score (nSPS) is 12.8. The highest BCUT2D eigenvalue weighted by atomic mass is 16.3. The highest BCUT2D eigenvalue weighted by Crippen LogP contribution is 2.56. The fraction of sp³-hybridized carbons (Fsp3) is 0.115. The first-order chi connectivity index (χ1) is 52.5. The molecule has 0 radical (unpaired) electrons. The molecule has 2 aliphatic rings. The van der Waals surface area contributed by atoms with Crippen molar-refractivity contribution in [3.63, 3.8) is 0 Å². The summed E-state index contributed by atoms with van der Waals surface area (Å²) in [6, 6.07) is 128. The molecule has 17 aromatic rings. The monoisotopic (exact) mass is 1390 g/mol. The zero-order valence-electron chi connectivity index (χ0n) is 62.7. The molecule has 108 heavy (non-hydrogen) atoms. The van der Waals surface area contributed by atoms with Crippen LogP contribution in [0.25, 0.3) is 132 Å². The number of hydrogen-bond donors (Lipinski definition) is 0. The Balaban J connectivity index is 0.967. The zero-order chi connectivity index (χ0) is 73.3. The van der Waals surface area contributed by atoms with Crippen molar-refractivity contribution in [2.75, 3.05) is 9.80 Å². The molecular formula is C104H83BN2O. The first kappa shape index (κ1) is 66.2. The second-order valence-electron chi connectivity index (χ2n) is 32.7. The van der Waals surface area contributed by atoms with Gasteiger partial charge in [0.05, 0.1) is 11.4 Å². The molecule has 4 heteroatoms. The van der Waals surface area contributed by atoms with Crippen LogP contribution in [0.3, 0.4) is 0 Å². The molecule has 0 fully saturated rings. The number of hydrogen-bond acceptors (Lipinski definition) is 3. The molecule has 0 saturated carbocycles. The fourth-order valence-corrected chi connectivity index (χ4v) is 17.3. The van der Waals surface area contributed by atoms with E-state index in [-0.39, 0.29) is 23.0 Å². The Labute approximate surface area is 634 Å². The van der Waals surface area contributed by atoms with Crippen LogP contribution >= 0.6 is 0 Å². The van der Waals surface area contributed by atoms with Crippen LogP contribution in [-0.4, -0.2) is 6.71 Å². The number of anilines is 6. The molecule has 518 valence electrons. The summed E-state index contributed by atoms with van der Waals surface area (Å²) < 4.78 is 6.54. The van der Waals surface area contributed by atoms with Crippen LogP contribution in [0.15, 0.2) is 344 Å². The Morgan fingerprint density at radius 1 is 0.231 bits per heavy atom. The van der Waals surface area contributed by atoms with Gasteiger partial charge in [0, 0.05) is 55.8 Å². The molecule has 0 bridgehead atoms. The number of benzene rings is 16. The molecule has 1 aromatic heterocycles. The Hall–Kier alpha value is -12.5. The van der Waals surface area contributed by atoms with Gasteiger partial charge in [-0.25, -0.2) is 0 Å². The van der Waals surface area contributed by atoms with Gasteiger partial charge in [-0.05, 0) is 210 Å². The van der Waals surface area contributed by atoms with Crippen molar-refractivity contribution in [3.8, 4) is 89.0 Å². The predicted molar refractivity (Wildman–Crippen MR) is 462 cm³/mol. The molecule has 0 amide bonds. The molecule has 3 heterocycles. The molecule has 0 unspecified atom stereocenters. The fourth-order valence-electron chi connectivity index (χ4n) is 17.3. The van der Waals surface area contributed by atoms with E-state index in [1.165, 1.54) is 99.1 Å². The van der Waals surface area contributed by atoms with Crippen molar-refractivity contribution in [2.45, 2.75) is 78.6 Å². The zero-order valence-corrected chi connectivity index (χ0v) is 62.7. The highest BCUT2D eigenvalue weighted by Gasteiger charge is 2.46. The van der Waals surface area contributed by atoms with Crippen LogP contribution < -0.4 is 26.2 Å². The lowest BCUT2D eigenvalue weighted by Crippen LogP contribution is -2.61. The van der Waals surface area contributed by atoms with Crippen LogP contribution in [-0.2, 0) is 16.2 Å². The van der Waals surface area contributed by atoms with Gasteiger partial charge in [0.1, 0.15) is 11.2 Å². The largest absolute Gasteiger partial charge is 0.456 e. The summed E-state index contributed by atoms with van der Waals surface area (Å²) >= 11 is 0. The first-order valence-corrected chi connectivity index (χ1v) is 38.2. The molecule has 3 nitrogen and oxygen atoms in total. The van der Waals surface area contributed by atoms with Gasteiger partial charge < -0.3 is 14.2 Å². The summed E-state index contributed by atoms with van der Waals surface area (Å²) in [4.78, 5) is 5.45. The van der Waals surface area contributed by atoms with E-state index in [4.69, 9.17) is 4.42 Å². The van der Waals surface area contributed by atoms with E-state index in [2.05, 4.69) is 412 Å². The van der Waals surface area contributed by atoms with Gasteiger partial charge in [0.2, 0.25) is 0 Å². The third kappa shape index (κ3) is 11.2. The average molecular weight is 1390 g/mol. The molecule has 0 aliphatic carbocycles. The van der Waals surface area contributed by atoms with Gasteiger partial charge in [-0.1, -0.05) is 329 Å². The number of rotatable bonds is 10. The topological polar surface area (TPSA) is 19.6 Å². The smallest absolute Gasteiger partial charge is 0.252 e. The van der Waals surface area contributed by atoms with Crippen LogP contribution in [0.1, 0.15) is 79.0 Å². The Bertz CT molecular complexity index is 6280. The van der Waals surface area contributed by atoms with Gasteiger partial charge in [-0.2, -0.15) is 0 Å². The minimum absolute atomic E-state index is 0.195. The molecule has 0 atom stereocenters. The number of para-hydroxylation sites is 1. The molecule has 19 rings (SSSR count). The van der Waals surface area contributed by atoms with E-state index in [0.29, 0.717) is 0 Å². The van der Waals surface area contributed by atoms with Crippen molar-refractivity contribution in [1.29, 1.82) is 0 Å². The SMILES string of the molecule is CC(C)(C)c1cc(-c2ccccc2)c(N2c3cc(-c4ccc5c(-c6ccccc6)c6ccccc6c(-c6ccccc6)c5c4)ccc3B3c4ccc(-c5ccc6oc7ccccc7c6c5)cc4N(c4c(-c5ccccc5)cc(C(C)(C)C)cc4-c4ccccc4)c4cc(C(C)(C)C)cc2c43)c(-c2ccccc2)c1. The predicted octanol–water partition coefficient (Wildman–Crippen LogP) is 27.2. The van der Waals surface area contributed by atoms with E-state index in [1.54, 1.807) is 0 Å². The maximum Gasteiger partial charge on any atom is 0.252 e. The molecule has 0 saturated heterocycles. The summed E-state index contributed by atoms with van der Waals surface area (Å²) in [7, 11) is 0. The Morgan fingerprint density at radius 2 is 0.537 bits per heavy atom. The second-order valence-corrected chi connectivity index (χ2v) is 32.7. The lowest BCUT2D eigenvalue weighted by molar-refractivity contribution is 0.590. The van der Waals surface area contributed by atoms with E-state index >= 15 is 0 Å². The van der Waals surface area contributed by atoms with E-state index in [1.807, 2.05) is 0 Å². The van der Waals surface area contributed by atoms with E-state index < -0.39 is 0 Å². The molecule has 0 spiro atoms. The lowest BCUT2D eigenvalue weighted by Gasteiger charge is -2.47. The quantitative estimate of drug-likeness (QED) is 0.100. The maximum absolute atomic E-state index is 6.54. The van der Waals surface area contributed by atoms with Crippen LogP contribution in [0.5, 0.6) is 0 Å². The Kier molecular flexibility index (Phi) is 15.7. The van der Waals surface area contributed by atoms with E-state index in [9.17, 15) is 0 Å². The van der Waals surface area contributed by atoms with Crippen molar-refractivity contribution >= 4 is 101 Å². The molecule has 0 N–H and O–H groups in total. The average Bonchev–Trinajstić information content (AvgIpc) is 0.770. The Morgan fingerprint density at radius 3 is 0.944 bits per heavy atom. The minimum atomic E-state index is -0.336. The second kappa shape index (κ2) is 25.6. The van der Waals surface area contributed by atoms with Crippen molar-refractivity contribution < 1.29 is 4.42 Å². The third-order valence-electron chi connectivity index (χ3n) is 22.9. The number of fused-ring (bicyclic) bond motifs is 9. The standard InChI is InChI=1S/C104H83BN2O/c1-102(2,3)76-60-83(66-32-16-10-17-33-66)100(84(61-76)67-34-18-11-19-35-67)106-91-58-74(72-48-52-82-88(57-72)98(71-42-26-15-27-43-71)81-46-29-28-45-80(81)97(82)70-40-24-14-25-41-70)49-53-89(91)105-90-54-50-75(73-51-55-96-87(56-73)79-44-30-31-47-95(79)108-96)59-92(90)107(94-65-78(104(7,8)9)64-93(106)99(94)105)101-85(68-36-20-12-21-37-68)62-77(103(4,5)6)63-86(101)69-38-22-13-23-39-69/h10-65H,1-9H3. The first-order valence-electron chi connectivity index (χ1n) is 38.2. The van der Waals surface area contributed by atoms with Gasteiger partial charge in [-0.15, -0.1) is 0 Å². The van der Waals surface area contributed by atoms with Crippen molar-refractivity contribution in [3.05, 3.63) is 356 Å². The third-order valence-corrected chi connectivity index (χ3v) is 22.9. The van der Waals surface area contributed by atoms with Gasteiger partial charge in [-0.3, -0.25) is 0 Å². The van der Waals surface area contributed by atoms with E-state index in [0.717, 1.165) is 101 Å².